The van der Waals surface area contributed by atoms with Gasteiger partial charge in [-0.3, -0.25) is 19.9 Å². The molecule has 1 fully saturated rings. The molecule has 0 radical (unpaired) electrons. The lowest BCUT2D eigenvalue weighted by molar-refractivity contribution is -0.384. The SMILES string of the molecule is C[C@@H](O)[C@H]1C(=O)N2C(C(=O)OCc3ccc([N+](=O)[O-])cc3)=C(Sc3ccncc3)C[C@H]12. The van der Waals surface area contributed by atoms with Gasteiger partial charge < -0.3 is 14.7 Å². The number of fused-ring (bicyclic) bond motifs is 1. The fourth-order valence-electron chi connectivity index (χ4n) is 3.79. The van der Waals surface area contributed by atoms with Crippen molar-refractivity contribution in [3.05, 3.63) is 75.1 Å². The molecule has 31 heavy (non-hydrogen) atoms. The number of aromatic nitrogens is 1. The molecule has 3 atom stereocenters. The van der Waals surface area contributed by atoms with E-state index in [1.54, 1.807) is 31.5 Å². The fourth-order valence-corrected chi connectivity index (χ4v) is 4.87. The number of non-ortho nitro benzene ring substituents is 1. The van der Waals surface area contributed by atoms with Crippen LogP contribution in [0.4, 0.5) is 5.69 Å². The molecule has 0 bridgehead atoms. The number of carbonyl (C=O) groups is 2. The average Bonchev–Trinajstić information content (AvgIpc) is 3.06. The topological polar surface area (TPSA) is 123 Å². The molecular weight excluding hydrogens is 422 g/mol. The van der Waals surface area contributed by atoms with Crippen molar-refractivity contribution < 1.29 is 24.4 Å². The van der Waals surface area contributed by atoms with Crippen LogP contribution in [-0.2, 0) is 20.9 Å². The van der Waals surface area contributed by atoms with E-state index < -0.39 is 22.9 Å². The zero-order valence-corrected chi connectivity index (χ0v) is 17.3. The van der Waals surface area contributed by atoms with Crippen LogP contribution in [0.15, 0.2) is 64.3 Å². The van der Waals surface area contributed by atoms with Gasteiger partial charge in [0.2, 0.25) is 5.91 Å². The summed E-state index contributed by atoms with van der Waals surface area (Å²) in [5.41, 5.74) is 0.729. The Labute approximate surface area is 181 Å². The van der Waals surface area contributed by atoms with Crippen LogP contribution in [0.3, 0.4) is 0 Å². The summed E-state index contributed by atoms with van der Waals surface area (Å²) in [6.07, 6.45) is 2.93. The quantitative estimate of drug-likeness (QED) is 0.301. The lowest BCUT2D eigenvalue weighted by Crippen LogP contribution is -2.61. The van der Waals surface area contributed by atoms with Crippen molar-refractivity contribution in [1.29, 1.82) is 0 Å². The number of thioether (sulfide) groups is 1. The molecule has 1 N–H and O–H groups in total. The highest BCUT2D eigenvalue weighted by molar-refractivity contribution is 8.03. The number of amides is 1. The van der Waals surface area contributed by atoms with Crippen molar-refractivity contribution in [2.24, 2.45) is 5.92 Å². The van der Waals surface area contributed by atoms with Gasteiger partial charge in [0.05, 0.1) is 23.0 Å². The minimum Gasteiger partial charge on any atom is -0.456 e. The third kappa shape index (κ3) is 4.04. The van der Waals surface area contributed by atoms with Crippen LogP contribution in [0, 0.1) is 16.0 Å². The Balaban J connectivity index is 1.54. The smallest absolute Gasteiger partial charge is 0.356 e. The number of aliphatic hydroxyl groups is 1. The van der Waals surface area contributed by atoms with Crippen LogP contribution in [0.5, 0.6) is 0 Å². The van der Waals surface area contributed by atoms with Crippen LogP contribution in [0.25, 0.3) is 0 Å². The summed E-state index contributed by atoms with van der Waals surface area (Å²) < 4.78 is 5.43. The number of hydrogen-bond acceptors (Lipinski definition) is 8. The predicted molar refractivity (Wildman–Crippen MR) is 110 cm³/mol. The van der Waals surface area contributed by atoms with E-state index in [1.165, 1.54) is 40.9 Å². The number of aliphatic hydroxyl groups excluding tert-OH is 1. The fraction of sp³-hybridized carbons (Fsp3) is 0.286. The second-order valence-corrected chi connectivity index (χ2v) is 8.47. The van der Waals surface area contributed by atoms with E-state index in [1.807, 2.05) is 0 Å². The Morgan fingerprint density at radius 2 is 2.00 bits per heavy atom. The summed E-state index contributed by atoms with van der Waals surface area (Å²) in [7, 11) is 0. The van der Waals surface area contributed by atoms with Crippen LogP contribution in [0.2, 0.25) is 0 Å². The summed E-state index contributed by atoms with van der Waals surface area (Å²) in [4.78, 5) is 42.8. The number of β-lactam (4-membered cyclic amide) rings is 1. The zero-order chi connectivity index (χ0) is 22.1. The number of esters is 1. The molecule has 160 valence electrons. The van der Waals surface area contributed by atoms with Gasteiger partial charge in [0, 0.05) is 40.7 Å². The number of benzene rings is 1. The number of nitro groups is 1. The Bertz CT molecular complexity index is 1050. The van der Waals surface area contributed by atoms with Gasteiger partial charge in [0.1, 0.15) is 12.3 Å². The highest BCUT2D eigenvalue weighted by Gasteiger charge is 2.57. The van der Waals surface area contributed by atoms with E-state index in [2.05, 4.69) is 4.98 Å². The second-order valence-electron chi connectivity index (χ2n) is 7.30. The van der Waals surface area contributed by atoms with Crippen LogP contribution in [-0.4, -0.2) is 43.9 Å². The molecule has 4 rings (SSSR count). The van der Waals surface area contributed by atoms with Gasteiger partial charge in [-0.05, 0) is 36.8 Å². The molecule has 1 aromatic carbocycles. The summed E-state index contributed by atoms with van der Waals surface area (Å²) in [6, 6.07) is 9.04. The van der Waals surface area contributed by atoms with Crippen molar-refractivity contribution >= 4 is 29.3 Å². The first-order valence-corrected chi connectivity index (χ1v) is 10.4. The minimum atomic E-state index is -0.809. The maximum absolute atomic E-state index is 12.9. The Morgan fingerprint density at radius 1 is 1.32 bits per heavy atom. The second kappa shape index (κ2) is 8.48. The summed E-state index contributed by atoms with van der Waals surface area (Å²) in [5, 5.41) is 20.7. The van der Waals surface area contributed by atoms with E-state index in [-0.39, 0.29) is 29.9 Å². The number of nitro benzene ring substituents is 1. The van der Waals surface area contributed by atoms with Crippen LogP contribution >= 0.6 is 11.8 Å². The van der Waals surface area contributed by atoms with Crippen molar-refractivity contribution in [3.8, 4) is 0 Å². The first-order chi connectivity index (χ1) is 14.9. The van der Waals surface area contributed by atoms with Gasteiger partial charge in [0.25, 0.3) is 5.69 Å². The molecule has 2 aliphatic rings. The van der Waals surface area contributed by atoms with E-state index in [9.17, 15) is 24.8 Å². The first-order valence-electron chi connectivity index (χ1n) is 9.59. The molecule has 0 unspecified atom stereocenters. The predicted octanol–water partition coefficient (Wildman–Crippen LogP) is 2.65. The monoisotopic (exact) mass is 441 g/mol. The molecule has 2 aromatic rings. The van der Waals surface area contributed by atoms with E-state index in [0.717, 1.165) is 4.90 Å². The summed E-state index contributed by atoms with van der Waals surface area (Å²) in [6.45, 7) is 1.49. The number of hydrogen-bond donors (Lipinski definition) is 1. The number of rotatable bonds is 7. The van der Waals surface area contributed by atoms with Gasteiger partial charge in [0.15, 0.2) is 0 Å². The van der Waals surface area contributed by atoms with Crippen LogP contribution in [0.1, 0.15) is 18.9 Å². The van der Waals surface area contributed by atoms with Crippen LogP contribution < -0.4 is 0 Å². The molecule has 2 aliphatic heterocycles. The molecule has 3 heterocycles. The maximum Gasteiger partial charge on any atom is 0.356 e. The first kappa shape index (κ1) is 21.0. The molecular formula is C21H19N3O6S. The zero-order valence-electron chi connectivity index (χ0n) is 16.5. The van der Waals surface area contributed by atoms with Crippen molar-refractivity contribution in [2.45, 2.75) is 37.0 Å². The number of nitrogens with zero attached hydrogens (tertiary/aromatic N) is 3. The Hall–Kier alpha value is -3.24. The highest BCUT2D eigenvalue weighted by atomic mass is 32.2. The average molecular weight is 441 g/mol. The molecule has 0 spiro atoms. The van der Waals surface area contributed by atoms with E-state index in [0.29, 0.717) is 16.9 Å². The lowest BCUT2D eigenvalue weighted by atomic mass is 9.83. The molecule has 0 saturated carbocycles. The molecule has 1 amide bonds. The summed E-state index contributed by atoms with van der Waals surface area (Å²) >= 11 is 1.37. The lowest BCUT2D eigenvalue weighted by Gasteiger charge is -2.44. The van der Waals surface area contributed by atoms with Crippen molar-refractivity contribution in [3.63, 3.8) is 0 Å². The standard InChI is InChI=1S/C21H19N3O6S/c1-12(25)18-16-10-17(31-15-6-8-22-9-7-15)19(23(16)20(18)26)21(27)30-11-13-2-4-14(5-3-13)24(28)29/h2-9,12,16,18,25H,10-11H2,1H3/t12-,16-,18-/m1/s1. The molecule has 1 saturated heterocycles. The molecule has 10 heteroatoms. The van der Waals surface area contributed by atoms with Gasteiger partial charge in [-0.1, -0.05) is 11.8 Å². The molecule has 1 aromatic heterocycles. The minimum absolute atomic E-state index is 0.0530. The van der Waals surface area contributed by atoms with Crippen molar-refractivity contribution in [1.82, 2.24) is 9.88 Å². The number of carbonyl (C=O) groups excluding carboxylic acids is 2. The number of pyridine rings is 1. The highest BCUT2D eigenvalue weighted by Crippen LogP contribution is 2.48. The van der Waals surface area contributed by atoms with E-state index in [4.69, 9.17) is 4.74 Å². The Kier molecular flexibility index (Phi) is 5.75. The van der Waals surface area contributed by atoms with E-state index >= 15 is 0 Å². The van der Waals surface area contributed by atoms with Gasteiger partial charge in [-0.15, -0.1) is 0 Å². The maximum atomic E-state index is 12.9. The summed E-state index contributed by atoms with van der Waals surface area (Å²) in [5.74, 6) is -1.49. The molecule has 9 nitrogen and oxygen atoms in total. The third-order valence-electron chi connectivity index (χ3n) is 5.29. The normalized spacial score (nSPS) is 20.8. The van der Waals surface area contributed by atoms with Gasteiger partial charge >= 0.3 is 5.97 Å². The number of ether oxygens (including phenoxy) is 1. The Morgan fingerprint density at radius 3 is 2.61 bits per heavy atom. The largest absolute Gasteiger partial charge is 0.456 e. The van der Waals surface area contributed by atoms with Gasteiger partial charge in [-0.2, -0.15) is 0 Å². The third-order valence-corrected chi connectivity index (χ3v) is 6.40. The molecule has 0 aliphatic carbocycles. The van der Waals surface area contributed by atoms with Gasteiger partial charge in [-0.25, -0.2) is 4.79 Å². The van der Waals surface area contributed by atoms with Crippen molar-refractivity contribution in [2.75, 3.05) is 0 Å².